The average Bonchev–Trinajstić information content (AvgIpc) is 2.47. The molecule has 1 amide bonds. The lowest BCUT2D eigenvalue weighted by atomic mass is 10.2. The Balaban J connectivity index is 1.85. The fourth-order valence-corrected chi connectivity index (χ4v) is 2.36. The summed E-state index contributed by atoms with van der Waals surface area (Å²) < 4.78 is 0. The first-order chi connectivity index (χ1) is 9.24. The van der Waals surface area contributed by atoms with Gasteiger partial charge in [-0.15, -0.1) is 0 Å². The molecule has 2 aromatic rings. The summed E-state index contributed by atoms with van der Waals surface area (Å²) in [6.07, 6.45) is 0. The van der Waals surface area contributed by atoms with Crippen LogP contribution in [0.4, 0.5) is 0 Å². The SMILES string of the molecule is CN1CCN(C(=O)c2ccc3ccccc3n2)CC1. The van der Waals surface area contributed by atoms with Gasteiger partial charge in [-0.2, -0.15) is 0 Å². The van der Waals surface area contributed by atoms with E-state index in [9.17, 15) is 4.79 Å². The van der Waals surface area contributed by atoms with Crippen molar-refractivity contribution in [2.45, 2.75) is 0 Å². The first-order valence-corrected chi connectivity index (χ1v) is 6.58. The smallest absolute Gasteiger partial charge is 0.272 e. The van der Waals surface area contributed by atoms with Crippen molar-refractivity contribution in [2.75, 3.05) is 33.2 Å². The molecule has 98 valence electrons. The van der Waals surface area contributed by atoms with E-state index in [4.69, 9.17) is 0 Å². The number of carbonyl (C=O) groups excluding carboxylic acids is 1. The summed E-state index contributed by atoms with van der Waals surface area (Å²) in [7, 11) is 2.08. The molecule has 1 saturated heterocycles. The Morgan fingerprint density at radius 1 is 1.05 bits per heavy atom. The van der Waals surface area contributed by atoms with E-state index < -0.39 is 0 Å². The summed E-state index contributed by atoms with van der Waals surface area (Å²) in [6.45, 7) is 3.42. The van der Waals surface area contributed by atoms with Gasteiger partial charge in [0.1, 0.15) is 5.69 Å². The predicted molar refractivity (Wildman–Crippen MR) is 75.1 cm³/mol. The van der Waals surface area contributed by atoms with Gasteiger partial charge in [-0.3, -0.25) is 4.79 Å². The number of amides is 1. The van der Waals surface area contributed by atoms with Gasteiger partial charge in [0, 0.05) is 31.6 Å². The van der Waals surface area contributed by atoms with Crippen molar-refractivity contribution in [1.82, 2.24) is 14.8 Å². The maximum atomic E-state index is 12.4. The first kappa shape index (κ1) is 12.1. The second-order valence-electron chi connectivity index (χ2n) is 4.98. The summed E-state index contributed by atoms with van der Waals surface area (Å²) in [6, 6.07) is 11.7. The van der Waals surface area contributed by atoms with Crippen LogP contribution in [0, 0.1) is 0 Å². The third-order valence-corrected chi connectivity index (χ3v) is 3.61. The molecule has 0 bridgehead atoms. The second-order valence-corrected chi connectivity index (χ2v) is 4.98. The zero-order valence-corrected chi connectivity index (χ0v) is 11.0. The van der Waals surface area contributed by atoms with Gasteiger partial charge in [0.05, 0.1) is 5.52 Å². The van der Waals surface area contributed by atoms with E-state index >= 15 is 0 Å². The van der Waals surface area contributed by atoms with Gasteiger partial charge in [-0.25, -0.2) is 4.98 Å². The Morgan fingerprint density at radius 2 is 1.79 bits per heavy atom. The molecule has 0 radical (unpaired) electrons. The van der Waals surface area contributed by atoms with Gasteiger partial charge in [0.2, 0.25) is 0 Å². The lowest BCUT2D eigenvalue weighted by Crippen LogP contribution is -2.47. The molecule has 4 heteroatoms. The van der Waals surface area contributed by atoms with E-state index in [0.29, 0.717) is 5.69 Å². The van der Waals surface area contributed by atoms with Crippen LogP contribution in [-0.2, 0) is 0 Å². The number of hydrogen-bond acceptors (Lipinski definition) is 3. The molecule has 1 aromatic carbocycles. The van der Waals surface area contributed by atoms with Gasteiger partial charge in [-0.05, 0) is 19.2 Å². The molecule has 0 aliphatic carbocycles. The minimum Gasteiger partial charge on any atom is -0.335 e. The van der Waals surface area contributed by atoms with E-state index in [1.165, 1.54) is 0 Å². The molecule has 4 nitrogen and oxygen atoms in total. The number of piperazine rings is 1. The van der Waals surface area contributed by atoms with Gasteiger partial charge >= 0.3 is 0 Å². The van der Waals surface area contributed by atoms with Crippen molar-refractivity contribution in [2.24, 2.45) is 0 Å². The van der Waals surface area contributed by atoms with Crippen molar-refractivity contribution >= 4 is 16.8 Å². The summed E-state index contributed by atoms with van der Waals surface area (Å²) in [5, 5.41) is 1.07. The number of hydrogen-bond donors (Lipinski definition) is 0. The highest BCUT2D eigenvalue weighted by atomic mass is 16.2. The summed E-state index contributed by atoms with van der Waals surface area (Å²) in [5.41, 5.74) is 1.42. The first-order valence-electron chi connectivity index (χ1n) is 6.58. The normalized spacial score (nSPS) is 16.8. The zero-order valence-electron chi connectivity index (χ0n) is 11.0. The third kappa shape index (κ3) is 2.44. The van der Waals surface area contributed by atoms with Gasteiger partial charge in [0.15, 0.2) is 0 Å². The minimum atomic E-state index is 0.0406. The Labute approximate surface area is 112 Å². The number of carbonyl (C=O) groups is 1. The summed E-state index contributed by atoms with van der Waals surface area (Å²) >= 11 is 0. The largest absolute Gasteiger partial charge is 0.335 e. The van der Waals surface area contributed by atoms with Gasteiger partial charge in [0.25, 0.3) is 5.91 Å². The molecule has 0 spiro atoms. The highest BCUT2D eigenvalue weighted by molar-refractivity contribution is 5.95. The molecule has 1 aromatic heterocycles. The maximum absolute atomic E-state index is 12.4. The standard InChI is InChI=1S/C15H17N3O/c1-17-8-10-18(11-9-17)15(19)14-7-6-12-4-2-3-5-13(12)16-14/h2-7H,8-11H2,1H3. The van der Waals surface area contributed by atoms with Crippen LogP contribution >= 0.6 is 0 Å². The minimum absolute atomic E-state index is 0.0406. The van der Waals surface area contributed by atoms with E-state index in [0.717, 1.165) is 37.1 Å². The molecule has 1 aliphatic rings. The van der Waals surface area contributed by atoms with E-state index in [1.54, 1.807) is 0 Å². The number of pyridine rings is 1. The lowest BCUT2D eigenvalue weighted by molar-refractivity contribution is 0.0658. The quantitative estimate of drug-likeness (QED) is 0.777. The van der Waals surface area contributed by atoms with Crippen LogP contribution in [0.2, 0.25) is 0 Å². The van der Waals surface area contributed by atoms with Gasteiger partial charge in [-0.1, -0.05) is 24.3 Å². The van der Waals surface area contributed by atoms with E-state index in [2.05, 4.69) is 16.9 Å². The monoisotopic (exact) mass is 255 g/mol. The van der Waals surface area contributed by atoms with Crippen LogP contribution in [0.1, 0.15) is 10.5 Å². The summed E-state index contributed by atoms with van der Waals surface area (Å²) in [5.74, 6) is 0.0406. The Bertz CT molecular complexity index is 603. The Hall–Kier alpha value is -1.94. The van der Waals surface area contributed by atoms with Gasteiger partial charge < -0.3 is 9.80 Å². The highest BCUT2D eigenvalue weighted by Gasteiger charge is 2.21. The second kappa shape index (κ2) is 4.97. The third-order valence-electron chi connectivity index (χ3n) is 3.61. The fourth-order valence-electron chi connectivity index (χ4n) is 2.36. The van der Waals surface area contributed by atoms with Crippen LogP contribution in [-0.4, -0.2) is 53.9 Å². The van der Waals surface area contributed by atoms with Crippen molar-refractivity contribution in [1.29, 1.82) is 0 Å². The molecule has 0 N–H and O–H groups in total. The lowest BCUT2D eigenvalue weighted by Gasteiger charge is -2.32. The maximum Gasteiger partial charge on any atom is 0.272 e. The molecule has 3 rings (SSSR count). The van der Waals surface area contributed by atoms with Crippen molar-refractivity contribution in [3.05, 3.63) is 42.1 Å². The number of aromatic nitrogens is 1. The van der Waals surface area contributed by atoms with Crippen molar-refractivity contribution in [3.63, 3.8) is 0 Å². The van der Waals surface area contributed by atoms with E-state index in [1.807, 2.05) is 41.3 Å². The molecule has 1 aliphatic heterocycles. The number of nitrogens with zero attached hydrogens (tertiary/aromatic N) is 3. The highest BCUT2D eigenvalue weighted by Crippen LogP contribution is 2.13. The molecule has 0 atom stereocenters. The van der Waals surface area contributed by atoms with Crippen LogP contribution < -0.4 is 0 Å². The average molecular weight is 255 g/mol. The van der Waals surface area contributed by atoms with Crippen LogP contribution in [0.15, 0.2) is 36.4 Å². The number of rotatable bonds is 1. The molecule has 1 fully saturated rings. The molecule has 0 unspecified atom stereocenters. The summed E-state index contributed by atoms with van der Waals surface area (Å²) in [4.78, 5) is 21.0. The van der Waals surface area contributed by atoms with Crippen LogP contribution in [0.5, 0.6) is 0 Å². The molecule has 0 saturated carbocycles. The number of likely N-dealkylation sites (N-methyl/N-ethyl adjacent to an activating group) is 1. The van der Waals surface area contributed by atoms with Crippen molar-refractivity contribution in [3.8, 4) is 0 Å². The number of para-hydroxylation sites is 1. The molecular formula is C15H17N3O. The Morgan fingerprint density at radius 3 is 2.58 bits per heavy atom. The zero-order chi connectivity index (χ0) is 13.2. The molecule has 2 heterocycles. The fraction of sp³-hybridized carbons (Fsp3) is 0.333. The molecular weight excluding hydrogens is 238 g/mol. The Kier molecular flexibility index (Phi) is 3.17. The van der Waals surface area contributed by atoms with E-state index in [-0.39, 0.29) is 5.91 Å². The number of fused-ring (bicyclic) bond motifs is 1. The topological polar surface area (TPSA) is 36.4 Å². The molecule has 19 heavy (non-hydrogen) atoms. The predicted octanol–water partition coefficient (Wildman–Crippen LogP) is 1.62. The van der Waals surface area contributed by atoms with Crippen LogP contribution in [0.25, 0.3) is 10.9 Å². The number of benzene rings is 1. The van der Waals surface area contributed by atoms with Crippen LogP contribution in [0.3, 0.4) is 0 Å². The van der Waals surface area contributed by atoms with Crippen molar-refractivity contribution < 1.29 is 4.79 Å².